The third-order valence-electron chi connectivity index (χ3n) is 4.15. The van der Waals surface area contributed by atoms with Crippen LogP contribution in [0.25, 0.3) is 0 Å². The third-order valence-corrected chi connectivity index (χ3v) is 4.15. The van der Waals surface area contributed by atoms with E-state index in [1.54, 1.807) is 18.2 Å². The van der Waals surface area contributed by atoms with E-state index in [0.717, 1.165) is 17.4 Å². The van der Waals surface area contributed by atoms with Gasteiger partial charge in [0.25, 0.3) is 0 Å². The summed E-state index contributed by atoms with van der Waals surface area (Å²) in [5.41, 5.74) is 0.960. The number of fused-ring (bicyclic) bond motifs is 2. The van der Waals surface area contributed by atoms with Gasteiger partial charge in [0.05, 0.1) is 0 Å². The van der Waals surface area contributed by atoms with Crippen LogP contribution < -0.4 is 0 Å². The summed E-state index contributed by atoms with van der Waals surface area (Å²) in [6.45, 7) is 0. The second-order valence-corrected chi connectivity index (χ2v) is 5.02. The minimum Gasteiger partial charge on any atom is -0.508 e. The lowest BCUT2D eigenvalue weighted by Crippen LogP contribution is -2.08. The molecule has 2 aliphatic rings. The molecule has 0 saturated heterocycles. The highest BCUT2D eigenvalue weighted by Crippen LogP contribution is 2.54. The molecular formula is C13H16O2. The number of benzene rings is 1. The summed E-state index contributed by atoms with van der Waals surface area (Å²) in [6, 6.07) is 4.89. The largest absolute Gasteiger partial charge is 0.508 e. The van der Waals surface area contributed by atoms with Crippen molar-refractivity contribution in [2.75, 3.05) is 0 Å². The molecule has 2 heteroatoms. The van der Waals surface area contributed by atoms with Crippen LogP contribution in [-0.4, -0.2) is 10.2 Å². The molecule has 0 aliphatic heterocycles. The third kappa shape index (κ3) is 1.39. The Morgan fingerprint density at radius 3 is 2.60 bits per heavy atom. The van der Waals surface area contributed by atoms with Crippen LogP contribution in [0.4, 0.5) is 0 Å². The van der Waals surface area contributed by atoms with E-state index in [1.807, 2.05) is 0 Å². The van der Waals surface area contributed by atoms with E-state index in [4.69, 9.17) is 0 Å². The topological polar surface area (TPSA) is 40.5 Å². The van der Waals surface area contributed by atoms with Crippen LogP contribution in [0, 0.1) is 11.8 Å². The smallest absolute Gasteiger partial charge is 0.119 e. The summed E-state index contributed by atoms with van der Waals surface area (Å²) in [6.07, 6.45) is 5.17. The summed E-state index contributed by atoms with van der Waals surface area (Å²) < 4.78 is 0. The zero-order valence-corrected chi connectivity index (χ0v) is 8.69. The first-order valence-electron chi connectivity index (χ1n) is 5.76. The van der Waals surface area contributed by atoms with E-state index < -0.39 is 0 Å². The lowest BCUT2D eigenvalue weighted by molar-refractivity contribution is 0.393. The summed E-state index contributed by atoms with van der Waals surface area (Å²) in [5.74, 6) is 2.70. The van der Waals surface area contributed by atoms with Crippen molar-refractivity contribution in [1.82, 2.24) is 0 Å². The van der Waals surface area contributed by atoms with Crippen LogP contribution in [0.15, 0.2) is 18.2 Å². The first-order valence-corrected chi connectivity index (χ1v) is 5.76. The lowest BCUT2D eigenvalue weighted by Gasteiger charge is -2.22. The molecule has 2 N–H and O–H groups in total. The number of hydrogen-bond donors (Lipinski definition) is 2. The molecule has 2 nitrogen and oxygen atoms in total. The van der Waals surface area contributed by atoms with Crippen LogP contribution in [-0.2, 0) is 0 Å². The Hall–Kier alpha value is -1.18. The van der Waals surface area contributed by atoms with Crippen molar-refractivity contribution in [2.45, 2.75) is 31.6 Å². The summed E-state index contributed by atoms with van der Waals surface area (Å²) in [4.78, 5) is 0. The van der Waals surface area contributed by atoms with Gasteiger partial charge in [-0.25, -0.2) is 0 Å². The van der Waals surface area contributed by atoms with Gasteiger partial charge in [-0.1, -0.05) is 6.42 Å². The second-order valence-electron chi connectivity index (χ2n) is 5.02. The van der Waals surface area contributed by atoms with Crippen molar-refractivity contribution in [3.63, 3.8) is 0 Å². The molecule has 15 heavy (non-hydrogen) atoms. The number of rotatable bonds is 1. The number of aromatic hydroxyl groups is 2. The normalized spacial score (nSPS) is 33.5. The average Bonchev–Trinajstić information content (AvgIpc) is 2.83. The van der Waals surface area contributed by atoms with Crippen molar-refractivity contribution in [1.29, 1.82) is 0 Å². The van der Waals surface area contributed by atoms with Crippen molar-refractivity contribution in [3.05, 3.63) is 23.8 Å². The van der Waals surface area contributed by atoms with E-state index in [2.05, 4.69) is 0 Å². The molecule has 0 amide bonds. The molecule has 1 aromatic carbocycles. The standard InChI is InChI=1S/C13H16O2/c14-10-3-4-13(15)12(7-10)11-6-8-1-2-9(11)5-8/h3-4,7-9,11,14-15H,1-2,5-6H2. The van der Waals surface area contributed by atoms with Gasteiger partial charge in [0.1, 0.15) is 11.5 Å². The predicted molar refractivity (Wildman–Crippen MR) is 58.0 cm³/mol. The van der Waals surface area contributed by atoms with Crippen molar-refractivity contribution in [3.8, 4) is 11.5 Å². The summed E-state index contributed by atoms with van der Waals surface area (Å²) in [7, 11) is 0. The van der Waals surface area contributed by atoms with Crippen molar-refractivity contribution >= 4 is 0 Å². The molecule has 2 saturated carbocycles. The Morgan fingerprint density at radius 1 is 1.07 bits per heavy atom. The molecule has 2 aliphatic carbocycles. The molecule has 0 aromatic heterocycles. The Labute approximate surface area is 89.6 Å². The maximum absolute atomic E-state index is 9.81. The maximum atomic E-state index is 9.81. The van der Waals surface area contributed by atoms with Gasteiger partial charge in [0.15, 0.2) is 0 Å². The van der Waals surface area contributed by atoms with Gasteiger partial charge in [-0.3, -0.25) is 0 Å². The molecule has 0 spiro atoms. The van der Waals surface area contributed by atoms with Gasteiger partial charge in [0.2, 0.25) is 0 Å². The predicted octanol–water partition coefficient (Wildman–Crippen LogP) is 3.00. The van der Waals surface area contributed by atoms with E-state index in [-0.39, 0.29) is 5.75 Å². The molecule has 1 aromatic rings. The van der Waals surface area contributed by atoms with Crippen LogP contribution in [0.5, 0.6) is 11.5 Å². The zero-order chi connectivity index (χ0) is 10.4. The molecule has 2 fully saturated rings. The molecule has 80 valence electrons. The molecule has 3 unspecified atom stereocenters. The van der Waals surface area contributed by atoms with Crippen molar-refractivity contribution < 1.29 is 10.2 Å². The second kappa shape index (κ2) is 3.16. The molecule has 2 bridgehead atoms. The zero-order valence-electron chi connectivity index (χ0n) is 8.69. The Morgan fingerprint density at radius 2 is 1.93 bits per heavy atom. The van der Waals surface area contributed by atoms with E-state index in [1.165, 1.54) is 25.7 Å². The maximum Gasteiger partial charge on any atom is 0.119 e. The SMILES string of the molecule is Oc1ccc(O)c(C2CC3CCC2C3)c1. The van der Waals surface area contributed by atoms with Crippen LogP contribution in [0.1, 0.15) is 37.2 Å². The van der Waals surface area contributed by atoms with Gasteiger partial charge < -0.3 is 10.2 Å². The molecular weight excluding hydrogens is 188 g/mol. The minimum atomic E-state index is 0.269. The van der Waals surface area contributed by atoms with Crippen molar-refractivity contribution in [2.24, 2.45) is 11.8 Å². The number of phenols is 2. The fourth-order valence-corrected chi connectivity index (χ4v) is 3.46. The Balaban J connectivity index is 1.96. The Bertz CT molecular complexity index is 386. The van der Waals surface area contributed by atoms with E-state index >= 15 is 0 Å². The summed E-state index contributed by atoms with van der Waals surface area (Å²) >= 11 is 0. The van der Waals surface area contributed by atoms with E-state index in [0.29, 0.717) is 11.7 Å². The first kappa shape index (κ1) is 9.08. The highest BCUT2D eigenvalue weighted by atomic mass is 16.3. The van der Waals surface area contributed by atoms with Crippen LogP contribution in [0.3, 0.4) is 0 Å². The monoisotopic (exact) mass is 204 g/mol. The molecule has 0 radical (unpaired) electrons. The van der Waals surface area contributed by atoms with Gasteiger partial charge in [0, 0.05) is 5.56 Å². The summed E-state index contributed by atoms with van der Waals surface area (Å²) in [5, 5.41) is 19.3. The van der Waals surface area contributed by atoms with Gasteiger partial charge >= 0.3 is 0 Å². The highest BCUT2D eigenvalue weighted by Gasteiger charge is 2.41. The highest BCUT2D eigenvalue weighted by molar-refractivity contribution is 5.42. The van der Waals surface area contributed by atoms with Gasteiger partial charge in [-0.05, 0) is 55.2 Å². The quantitative estimate of drug-likeness (QED) is 0.690. The number of phenolic OH excluding ortho intramolecular Hbond substituents is 2. The van der Waals surface area contributed by atoms with Gasteiger partial charge in [-0.2, -0.15) is 0 Å². The average molecular weight is 204 g/mol. The van der Waals surface area contributed by atoms with Crippen LogP contribution >= 0.6 is 0 Å². The molecule has 0 heterocycles. The lowest BCUT2D eigenvalue weighted by atomic mass is 9.83. The van der Waals surface area contributed by atoms with Gasteiger partial charge in [-0.15, -0.1) is 0 Å². The number of hydrogen-bond acceptors (Lipinski definition) is 2. The fourth-order valence-electron chi connectivity index (χ4n) is 3.46. The Kier molecular flexibility index (Phi) is 1.91. The fraction of sp³-hybridized carbons (Fsp3) is 0.538. The molecule has 3 rings (SSSR count). The molecule has 3 atom stereocenters. The minimum absolute atomic E-state index is 0.269. The van der Waals surface area contributed by atoms with Crippen LogP contribution in [0.2, 0.25) is 0 Å². The van der Waals surface area contributed by atoms with E-state index in [9.17, 15) is 10.2 Å². The first-order chi connectivity index (χ1) is 7.24.